The van der Waals surface area contributed by atoms with Gasteiger partial charge in [-0.15, -0.1) is 0 Å². The normalized spacial score (nSPS) is 14.3. The summed E-state index contributed by atoms with van der Waals surface area (Å²) in [5, 5.41) is 0. The van der Waals surface area contributed by atoms with Crippen LogP contribution in [0.2, 0.25) is 0 Å². The molecular formula is C15H16BrN. The fraction of sp³-hybridized carbons (Fsp3) is 0.200. The highest BCUT2D eigenvalue weighted by Gasteiger charge is 2.21. The van der Waals surface area contributed by atoms with Crippen LogP contribution in [0, 0.1) is 0 Å². The van der Waals surface area contributed by atoms with Crippen molar-refractivity contribution in [3.8, 4) is 0 Å². The highest BCUT2D eigenvalue weighted by Crippen LogP contribution is 2.23. The van der Waals surface area contributed by atoms with Crippen LogP contribution < -0.4 is 5.73 Å². The number of rotatable bonds is 3. The molecule has 1 unspecified atom stereocenters. The Morgan fingerprint density at radius 3 is 2.18 bits per heavy atom. The van der Waals surface area contributed by atoms with Crippen molar-refractivity contribution >= 4 is 15.9 Å². The minimum absolute atomic E-state index is 0.324. The van der Waals surface area contributed by atoms with Gasteiger partial charge in [0.05, 0.1) is 0 Å². The van der Waals surface area contributed by atoms with Crippen molar-refractivity contribution in [2.24, 2.45) is 5.73 Å². The molecule has 0 saturated heterocycles. The lowest BCUT2D eigenvalue weighted by Crippen LogP contribution is -2.35. The Bertz CT molecular complexity index is 474. The molecular weight excluding hydrogens is 274 g/mol. The first-order valence-electron chi connectivity index (χ1n) is 5.67. The zero-order valence-corrected chi connectivity index (χ0v) is 11.4. The maximum atomic E-state index is 6.40. The van der Waals surface area contributed by atoms with Crippen LogP contribution in [0.15, 0.2) is 59.1 Å². The fourth-order valence-corrected chi connectivity index (χ4v) is 2.21. The second-order valence-electron chi connectivity index (χ2n) is 4.59. The molecule has 0 spiro atoms. The summed E-state index contributed by atoms with van der Waals surface area (Å²) >= 11 is 3.44. The van der Waals surface area contributed by atoms with Crippen LogP contribution in [0.3, 0.4) is 0 Å². The molecule has 0 aliphatic rings. The molecule has 1 nitrogen and oxygen atoms in total. The third-order valence-electron chi connectivity index (χ3n) is 2.92. The van der Waals surface area contributed by atoms with Crippen molar-refractivity contribution in [2.45, 2.75) is 18.9 Å². The second-order valence-corrected chi connectivity index (χ2v) is 5.50. The van der Waals surface area contributed by atoms with E-state index < -0.39 is 0 Å². The first kappa shape index (κ1) is 12.3. The van der Waals surface area contributed by atoms with Gasteiger partial charge in [-0.25, -0.2) is 0 Å². The average Bonchev–Trinajstić information content (AvgIpc) is 2.33. The van der Waals surface area contributed by atoms with E-state index in [0.717, 1.165) is 10.9 Å². The number of halogens is 1. The molecule has 88 valence electrons. The van der Waals surface area contributed by atoms with Gasteiger partial charge in [-0.3, -0.25) is 0 Å². The molecule has 0 saturated carbocycles. The van der Waals surface area contributed by atoms with Crippen molar-refractivity contribution in [3.05, 3.63) is 70.2 Å². The highest BCUT2D eigenvalue weighted by molar-refractivity contribution is 9.10. The van der Waals surface area contributed by atoms with Crippen molar-refractivity contribution in [1.82, 2.24) is 0 Å². The molecule has 2 heteroatoms. The molecule has 0 aliphatic carbocycles. The van der Waals surface area contributed by atoms with Gasteiger partial charge in [0, 0.05) is 10.0 Å². The fourth-order valence-electron chi connectivity index (χ4n) is 1.95. The molecule has 1 atom stereocenters. The largest absolute Gasteiger partial charge is 0.321 e. The van der Waals surface area contributed by atoms with Gasteiger partial charge in [-0.05, 0) is 36.6 Å². The summed E-state index contributed by atoms with van der Waals surface area (Å²) in [6.45, 7) is 2.07. The van der Waals surface area contributed by atoms with Crippen molar-refractivity contribution in [1.29, 1.82) is 0 Å². The molecule has 0 fully saturated rings. The Morgan fingerprint density at radius 1 is 1.00 bits per heavy atom. The lowest BCUT2D eigenvalue weighted by atomic mass is 9.87. The van der Waals surface area contributed by atoms with Crippen LogP contribution in [0.5, 0.6) is 0 Å². The standard InChI is InChI=1S/C15H16BrN/c1-15(17,13-5-3-2-4-6-13)11-12-7-9-14(16)10-8-12/h2-10H,11,17H2,1H3. The van der Waals surface area contributed by atoms with Crippen molar-refractivity contribution < 1.29 is 0 Å². The monoisotopic (exact) mass is 289 g/mol. The van der Waals surface area contributed by atoms with E-state index in [1.54, 1.807) is 0 Å². The van der Waals surface area contributed by atoms with Crippen LogP contribution in [0.1, 0.15) is 18.1 Å². The van der Waals surface area contributed by atoms with Crippen LogP contribution in [0.4, 0.5) is 0 Å². The number of hydrogen-bond acceptors (Lipinski definition) is 1. The zero-order valence-electron chi connectivity index (χ0n) is 9.86. The maximum absolute atomic E-state index is 6.40. The molecule has 17 heavy (non-hydrogen) atoms. The van der Waals surface area contributed by atoms with Crippen LogP contribution >= 0.6 is 15.9 Å². The van der Waals surface area contributed by atoms with E-state index in [1.165, 1.54) is 11.1 Å². The SMILES string of the molecule is CC(N)(Cc1ccc(Br)cc1)c1ccccc1. The summed E-state index contributed by atoms with van der Waals surface area (Å²) < 4.78 is 1.10. The van der Waals surface area contributed by atoms with Crippen molar-refractivity contribution in [2.75, 3.05) is 0 Å². The van der Waals surface area contributed by atoms with Crippen molar-refractivity contribution in [3.63, 3.8) is 0 Å². The lowest BCUT2D eigenvalue weighted by Gasteiger charge is -2.25. The van der Waals surface area contributed by atoms with Gasteiger partial charge in [0.2, 0.25) is 0 Å². The summed E-state index contributed by atoms with van der Waals surface area (Å²) in [6, 6.07) is 18.6. The molecule has 2 N–H and O–H groups in total. The van der Waals surface area contributed by atoms with Gasteiger partial charge < -0.3 is 5.73 Å². The Balaban J connectivity index is 2.20. The predicted octanol–water partition coefficient (Wildman–Crippen LogP) is 3.87. The highest BCUT2D eigenvalue weighted by atomic mass is 79.9. The molecule has 2 aromatic carbocycles. The van der Waals surface area contributed by atoms with Crippen LogP contribution in [0.25, 0.3) is 0 Å². The van der Waals surface area contributed by atoms with E-state index in [9.17, 15) is 0 Å². The third-order valence-corrected chi connectivity index (χ3v) is 3.45. The molecule has 0 aliphatic heterocycles. The van der Waals surface area contributed by atoms with E-state index in [0.29, 0.717) is 0 Å². The minimum Gasteiger partial charge on any atom is -0.321 e. The Morgan fingerprint density at radius 2 is 1.59 bits per heavy atom. The van der Waals surface area contributed by atoms with E-state index in [-0.39, 0.29) is 5.54 Å². The third kappa shape index (κ3) is 3.18. The smallest absolute Gasteiger partial charge is 0.0421 e. The molecule has 0 bridgehead atoms. The molecule has 0 amide bonds. The van der Waals surface area contributed by atoms with Gasteiger partial charge >= 0.3 is 0 Å². The number of nitrogens with two attached hydrogens (primary N) is 1. The second kappa shape index (κ2) is 5.03. The van der Waals surface area contributed by atoms with Crippen LogP contribution in [-0.2, 0) is 12.0 Å². The zero-order chi connectivity index (χ0) is 12.3. The van der Waals surface area contributed by atoms with Crippen LogP contribution in [-0.4, -0.2) is 0 Å². The summed E-state index contributed by atoms with van der Waals surface area (Å²) in [5.41, 5.74) is 8.49. The summed E-state index contributed by atoms with van der Waals surface area (Å²) in [6.07, 6.45) is 0.838. The predicted molar refractivity (Wildman–Crippen MR) is 75.8 cm³/mol. The lowest BCUT2D eigenvalue weighted by molar-refractivity contribution is 0.491. The van der Waals surface area contributed by atoms with Gasteiger partial charge in [0.25, 0.3) is 0 Å². The first-order valence-corrected chi connectivity index (χ1v) is 6.46. The summed E-state index contributed by atoms with van der Waals surface area (Å²) in [7, 11) is 0. The molecule has 2 rings (SSSR count). The topological polar surface area (TPSA) is 26.0 Å². The van der Waals surface area contributed by atoms with E-state index in [4.69, 9.17) is 5.73 Å². The molecule has 2 aromatic rings. The van der Waals surface area contributed by atoms with Gasteiger partial charge in [0.15, 0.2) is 0 Å². The van der Waals surface area contributed by atoms with E-state index in [1.807, 2.05) is 18.2 Å². The minimum atomic E-state index is -0.324. The van der Waals surface area contributed by atoms with E-state index >= 15 is 0 Å². The maximum Gasteiger partial charge on any atom is 0.0421 e. The quantitative estimate of drug-likeness (QED) is 0.912. The van der Waals surface area contributed by atoms with Gasteiger partial charge in [-0.2, -0.15) is 0 Å². The Kier molecular flexibility index (Phi) is 3.65. The van der Waals surface area contributed by atoms with Gasteiger partial charge in [0.1, 0.15) is 0 Å². The molecule has 0 heterocycles. The first-order chi connectivity index (χ1) is 8.08. The summed E-state index contributed by atoms with van der Waals surface area (Å²) in [4.78, 5) is 0. The number of hydrogen-bond donors (Lipinski definition) is 1. The Labute approximate surface area is 111 Å². The summed E-state index contributed by atoms with van der Waals surface area (Å²) in [5.74, 6) is 0. The average molecular weight is 290 g/mol. The number of benzene rings is 2. The molecule has 0 radical (unpaired) electrons. The Hall–Kier alpha value is -1.12. The van der Waals surface area contributed by atoms with Gasteiger partial charge in [-0.1, -0.05) is 58.4 Å². The molecule has 0 aromatic heterocycles. The van der Waals surface area contributed by atoms with E-state index in [2.05, 4.69) is 59.3 Å².